The molecule has 22 heavy (non-hydrogen) atoms. The summed E-state index contributed by atoms with van der Waals surface area (Å²) in [6.45, 7) is -0.167. The maximum atomic E-state index is 13.7. The first-order valence-electron chi connectivity index (χ1n) is 6.36. The second-order valence-electron chi connectivity index (χ2n) is 4.62. The number of thiophene rings is 1. The largest absolute Gasteiger partial charge is 0.322 e. The molecule has 3 rings (SSSR count). The van der Waals surface area contributed by atoms with Gasteiger partial charge in [-0.2, -0.15) is 0 Å². The number of fused-ring (bicyclic) bond motifs is 1. The van der Waals surface area contributed by atoms with Crippen LogP contribution in [0.4, 0.5) is 10.1 Å². The molecule has 112 valence electrons. The molecule has 2 heterocycles. The number of carbonyl (C=O) groups excluding carboxylic acids is 1. The van der Waals surface area contributed by atoms with Crippen LogP contribution in [0.2, 0.25) is 0 Å². The standard InChI is InChI=1S/C15H10BrFN2O2S/c16-9-1-2-12(11(17)7-9)18-14(20)8-19-5-3-13-10(15(19)21)4-6-22-13/h1-7H,8H2,(H,18,20). The lowest BCUT2D eigenvalue weighted by Crippen LogP contribution is -2.27. The lowest BCUT2D eigenvalue weighted by atomic mass is 10.3. The molecule has 7 heteroatoms. The minimum Gasteiger partial charge on any atom is -0.322 e. The van der Waals surface area contributed by atoms with Gasteiger partial charge < -0.3 is 9.88 Å². The zero-order valence-corrected chi connectivity index (χ0v) is 13.6. The quantitative estimate of drug-likeness (QED) is 0.754. The molecule has 0 saturated heterocycles. The topological polar surface area (TPSA) is 51.1 Å². The van der Waals surface area contributed by atoms with Crippen molar-refractivity contribution in [1.29, 1.82) is 0 Å². The van der Waals surface area contributed by atoms with E-state index < -0.39 is 11.7 Å². The molecule has 0 aliphatic rings. The average molecular weight is 381 g/mol. The SMILES string of the molecule is O=C(Cn1ccc2sccc2c1=O)Nc1ccc(Br)cc1F. The van der Waals surface area contributed by atoms with Crippen molar-refractivity contribution in [2.24, 2.45) is 0 Å². The Balaban J connectivity index is 1.81. The van der Waals surface area contributed by atoms with E-state index in [1.165, 1.54) is 28.0 Å². The Morgan fingerprint density at radius 1 is 1.32 bits per heavy atom. The molecule has 1 N–H and O–H groups in total. The van der Waals surface area contributed by atoms with E-state index in [-0.39, 0.29) is 17.8 Å². The van der Waals surface area contributed by atoms with Gasteiger partial charge in [0, 0.05) is 15.4 Å². The molecular formula is C15H10BrFN2O2S. The Bertz CT molecular complexity index is 919. The predicted molar refractivity (Wildman–Crippen MR) is 88.8 cm³/mol. The van der Waals surface area contributed by atoms with Gasteiger partial charge in [-0.1, -0.05) is 15.9 Å². The minimum absolute atomic E-state index is 0.0814. The zero-order valence-electron chi connectivity index (χ0n) is 11.2. The molecule has 0 saturated carbocycles. The van der Waals surface area contributed by atoms with E-state index in [0.29, 0.717) is 9.86 Å². The van der Waals surface area contributed by atoms with Crippen LogP contribution in [0.5, 0.6) is 0 Å². The number of rotatable bonds is 3. The summed E-state index contributed by atoms with van der Waals surface area (Å²) in [7, 11) is 0. The highest BCUT2D eigenvalue weighted by molar-refractivity contribution is 9.10. The molecule has 0 unspecified atom stereocenters. The molecule has 0 fully saturated rings. The van der Waals surface area contributed by atoms with Gasteiger partial charge in [0.1, 0.15) is 12.4 Å². The normalized spacial score (nSPS) is 10.8. The van der Waals surface area contributed by atoms with E-state index >= 15 is 0 Å². The van der Waals surface area contributed by atoms with Gasteiger partial charge in [-0.05, 0) is 35.7 Å². The fourth-order valence-corrected chi connectivity index (χ4v) is 3.17. The number of amides is 1. The van der Waals surface area contributed by atoms with Gasteiger partial charge in [0.25, 0.3) is 5.56 Å². The zero-order chi connectivity index (χ0) is 15.7. The fraction of sp³-hybridized carbons (Fsp3) is 0.0667. The van der Waals surface area contributed by atoms with E-state index in [0.717, 1.165) is 4.70 Å². The molecular weight excluding hydrogens is 371 g/mol. The third-order valence-electron chi connectivity index (χ3n) is 3.11. The Labute approximate surface area is 137 Å². The molecule has 3 aromatic rings. The van der Waals surface area contributed by atoms with Crippen molar-refractivity contribution in [1.82, 2.24) is 4.57 Å². The first-order chi connectivity index (χ1) is 10.5. The number of benzene rings is 1. The third-order valence-corrected chi connectivity index (χ3v) is 4.49. The summed E-state index contributed by atoms with van der Waals surface area (Å²) in [6, 6.07) is 7.86. The lowest BCUT2D eigenvalue weighted by Gasteiger charge is -2.08. The third kappa shape index (κ3) is 2.95. The summed E-state index contributed by atoms with van der Waals surface area (Å²) in [5.74, 6) is -0.999. The number of nitrogens with one attached hydrogen (secondary N) is 1. The first kappa shape index (κ1) is 14.9. The van der Waals surface area contributed by atoms with Gasteiger partial charge in [-0.15, -0.1) is 11.3 Å². The highest BCUT2D eigenvalue weighted by atomic mass is 79.9. The van der Waals surface area contributed by atoms with Crippen molar-refractivity contribution >= 4 is 48.9 Å². The monoisotopic (exact) mass is 380 g/mol. The smallest absolute Gasteiger partial charge is 0.259 e. The maximum Gasteiger partial charge on any atom is 0.259 e. The first-order valence-corrected chi connectivity index (χ1v) is 8.03. The van der Waals surface area contributed by atoms with Crippen LogP contribution < -0.4 is 10.9 Å². The summed E-state index contributed by atoms with van der Waals surface area (Å²) in [5, 5.41) is 4.87. The van der Waals surface area contributed by atoms with Gasteiger partial charge in [0.05, 0.1) is 11.1 Å². The Hall–Kier alpha value is -1.99. The second kappa shape index (κ2) is 6.02. The van der Waals surface area contributed by atoms with Crippen molar-refractivity contribution in [3.8, 4) is 0 Å². The number of carbonyl (C=O) groups is 1. The van der Waals surface area contributed by atoms with Crippen molar-refractivity contribution < 1.29 is 9.18 Å². The lowest BCUT2D eigenvalue weighted by molar-refractivity contribution is -0.116. The molecule has 0 atom stereocenters. The number of pyridine rings is 1. The maximum absolute atomic E-state index is 13.7. The molecule has 4 nitrogen and oxygen atoms in total. The van der Waals surface area contributed by atoms with Gasteiger partial charge in [-0.3, -0.25) is 9.59 Å². The number of hydrogen-bond acceptors (Lipinski definition) is 3. The van der Waals surface area contributed by atoms with Crippen molar-refractivity contribution in [2.75, 3.05) is 5.32 Å². The summed E-state index contributed by atoms with van der Waals surface area (Å²) < 4.78 is 16.5. The van der Waals surface area contributed by atoms with Crippen molar-refractivity contribution in [3.63, 3.8) is 0 Å². The molecule has 1 aromatic carbocycles. The number of anilines is 1. The van der Waals surface area contributed by atoms with Gasteiger partial charge in [-0.25, -0.2) is 4.39 Å². The number of aromatic nitrogens is 1. The Morgan fingerprint density at radius 2 is 2.14 bits per heavy atom. The van der Waals surface area contributed by atoms with Crippen molar-refractivity contribution in [2.45, 2.75) is 6.54 Å². The Kier molecular flexibility index (Phi) is 4.08. The van der Waals surface area contributed by atoms with Crippen LogP contribution in [0.25, 0.3) is 10.1 Å². The van der Waals surface area contributed by atoms with Crippen LogP contribution in [-0.4, -0.2) is 10.5 Å². The fourth-order valence-electron chi connectivity index (χ4n) is 2.07. The average Bonchev–Trinajstić information content (AvgIpc) is 2.94. The predicted octanol–water partition coefficient (Wildman–Crippen LogP) is 3.60. The van der Waals surface area contributed by atoms with E-state index in [1.54, 1.807) is 24.4 Å². The van der Waals surface area contributed by atoms with Gasteiger partial charge in [0.15, 0.2) is 0 Å². The summed E-state index contributed by atoms with van der Waals surface area (Å²) in [6.07, 6.45) is 1.57. The van der Waals surface area contributed by atoms with E-state index in [2.05, 4.69) is 21.2 Å². The molecule has 0 aliphatic carbocycles. The van der Waals surface area contributed by atoms with E-state index in [4.69, 9.17) is 0 Å². The van der Waals surface area contributed by atoms with E-state index in [1.807, 2.05) is 5.38 Å². The molecule has 1 amide bonds. The highest BCUT2D eigenvalue weighted by Crippen LogP contribution is 2.19. The van der Waals surface area contributed by atoms with Crippen LogP contribution in [0.15, 0.2) is 51.2 Å². The second-order valence-corrected chi connectivity index (χ2v) is 6.48. The van der Waals surface area contributed by atoms with Crippen LogP contribution in [0, 0.1) is 5.82 Å². The summed E-state index contributed by atoms with van der Waals surface area (Å²) >= 11 is 4.61. The van der Waals surface area contributed by atoms with Crippen LogP contribution in [0.3, 0.4) is 0 Å². The van der Waals surface area contributed by atoms with Gasteiger partial charge in [0.2, 0.25) is 5.91 Å². The van der Waals surface area contributed by atoms with Crippen LogP contribution in [-0.2, 0) is 11.3 Å². The minimum atomic E-state index is -0.539. The highest BCUT2D eigenvalue weighted by Gasteiger charge is 2.10. The summed E-state index contributed by atoms with van der Waals surface area (Å²) in [4.78, 5) is 24.2. The summed E-state index contributed by atoms with van der Waals surface area (Å²) in [5.41, 5.74) is -0.150. The number of nitrogens with zero attached hydrogens (tertiary/aromatic N) is 1. The molecule has 0 aliphatic heterocycles. The molecule has 0 radical (unpaired) electrons. The molecule has 0 bridgehead atoms. The van der Waals surface area contributed by atoms with Crippen molar-refractivity contribution in [3.05, 3.63) is 62.6 Å². The molecule has 2 aromatic heterocycles. The van der Waals surface area contributed by atoms with Crippen LogP contribution in [0.1, 0.15) is 0 Å². The van der Waals surface area contributed by atoms with E-state index in [9.17, 15) is 14.0 Å². The molecule has 0 spiro atoms. The van der Waals surface area contributed by atoms with Crippen LogP contribution >= 0.6 is 27.3 Å². The number of halogens is 2. The Morgan fingerprint density at radius 3 is 2.91 bits per heavy atom. The van der Waals surface area contributed by atoms with Gasteiger partial charge >= 0.3 is 0 Å². The number of hydrogen-bond donors (Lipinski definition) is 1.